The third-order valence-corrected chi connectivity index (χ3v) is 4.70. The third-order valence-electron chi connectivity index (χ3n) is 3.97. The summed E-state index contributed by atoms with van der Waals surface area (Å²) in [5.41, 5.74) is 7.34. The number of nitrogens with two attached hydrogens (primary N) is 1. The highest BCUT2D eigenvalue weighted by Gasteiger charge is 2.33. The average molecular weight is 272 g/mol. The second-order valence-corrected chi connectivity index (χ2v) is 5.82. The molecule has 0 atom stereocenters. The predicted octanol–water partition coefficient (Wildman–Crippen LogP) is 4.54. The number of halogens is 2. The minimum atomic E-state index is 0.237. The fourth-order valence-electron chi connectivity index (χ4n) is 3.01. The highest BCUT2D eigenvalue weighted by atomic mass is 35.5. The number of hydrogen-bond donors (Lipinski definition) is 1. The van der Waals surface area contributed by atoms with Crippen LogP contribution in [0.25, 0.3) is 0 Å². The SMILES string of the molecule is NCCC1(c2ccc(Cl)c(Cl)c2)CCCCC1. The first-order chi connectivity index (χ1) is 8.18. The van der Waals surface area contributed by atoms with Crippen molar-refractivity contribution in [2.75, 3.05) is 6.54 Å². The van der Waals surface area contributed by atoms with Gasteiger partial charge >= 0.3 is 0 Å². The molecule has 94 valence electrons. The highest BCUT2D eigenvalue weighted by molar-refractivity contribution is 6.42. The Bertz CT molecular complexity index is 378. The lowest BCUT2D eigenvalue weighted by molar-refractivity contribution is 0.277. The summed E-state index contributed by atoms with van der Waals surface area (Å²) in [6.07, 6.45) is 7.42. The van der Waals surface area contributed by atoms with Crippen LogP contribution in [0, 0.1) is 0 Å². The van der Waals surface area contributed by atoms with Crippen molar-refractivity contribution in [1.82, 2.24) is 0 Å². The molecule has 1 nitrogen and oxygen atoms in total. The molecule has 0 spiro atoms. The summed E-state index contributed by atoms with van der Waals surface area (Å²) in [6, 6.07) is 6.06. The lowest BCUT2D eigenvalue weighted by Crippen LogP contribution is -2.31. The Kier molecular flexibility index (Phi) is 4.35. The maximum Gasteiger partial charge on any atom is 0.0595 e. The molecule has 0 saturated heterocycles. The minimum Gasteiger partial charge on any atom is -0.330 e. The minimum absolute atomic E-state index is 0.237. The Balaban J connectivity index is 2.34. The quantitative estimate of drug-likeness (QED) is 0.858. The van der Waals surface area contributed by atoms with Crippen molar-refractivity contribution in [3.05, 3.63) is 33.8 Å². The van der Waals surface area contributed by atoms with Crippen LogP contribution in [0.2, 0.25) is 10.0 Å². The molecule has 0 aromatic heterocycles. The van der Waals surface area contributed by atoms with Gasteiger partial charge in [0.15, 0.2) is 0 Å². The van der Waals surface area contributed by atoms with E-state index in [1.165, 1.54) is 37.7 Å². The molecule has 1 aliphatic rings. The molecule has 1 aliphatic carbocycles. The highest BCUT2D eigenvalue weighted by Crippen LogP contribution is 2.43. The van der Waals surface area contributed by atoms with Crippen LogP contribution in [0.4, 0.5) is 0 Å². The maximum atomic E-state index is 6.13. The van der Waals surface area contributed by atoms with Crippen molar-refractivity contribution in [1.29, 1.82) is 0 Å². The summed E-state index contributed by atoms with van der Waals surface area (Å²) in [6.45, 7) is 0.736. The van der Waals surface area contributed by atoms with Crippen LogP contribution in [-0.2, 0) is 5.41 Å². The van der Waals surface area contributed by atoms with Gasteiger partial charge in [0, 0.05) is 0 Å². The van der Waals surface area contributed by atoms with E-state index in [1.54, 1.807) is 0 Å². The zero-order chi connectivity index (χ0) is 12.3. The molecule has 0 aliphatic heterocycles. The van der Waals surface area contributed by atoms with Crippen LogP contribution in [0.3, 0.4) is 0 Å². The second kappa shape index (κ2) is 5.60. The van der Waals surface area contributed by atoms with Gasteiger partial charge in [-0.05, 0) is 48.9 Å². The standard InChI is InChI=1S/C14H19Cl2N/c15-12-5-4-11(10-13(12)16)14(8-9-17)6-2-1-3-7-14/h4-5,10H,1-3,6-9,17H2. The lowest BCUT2D eigenvalue weighted by atomic mass is 9.67. The number of rotatable bonds is 3. The van der Waals surface area contributed by atoms with E-state index in [0.29, 0.717) is 10.0 Å². The van der Waals surface area contributed by atoms with Crippen LogP contribution >= 0.6 is 23.2 Å². The fraction of sp³-hybridized carbons (Fsp3) is 0.571. The Morgan fingerprint density at radius 3 is 2.35 bits per heavy atom. The first-order valence-electron chi connectivity index (χ1n) is 6.33. The molecule has 3 heteroatoms. The first kappa shape index (κ1) is 13.2. The van der Waals surface area contributed by atoms with E-state index in [2.05, 4.69) is 6.07 Å². The average Bonchev–Trinajstić information content (AvgIpc) is 2.34. The predicted molar refractivity (Wildman–Crippen MR) is 74.9 cm³/mol. The van der Waals surface area contributed by atoms with Crippen LogP contribution in [-0.4, -0.2) is 6.54 Å². The number of benzene rings is 1. The Morgan fingerprint density at radius 1 is 1.06 bits per heavy atom. The van der Waals surface area contributed by atoms with E-state index in [9.17, 15) is 0 Å². The zero-order valence-corrected chi connectivity index (χ0v) is 11.5. The fourth-order valence-corrected chi connectivity index (χ4v) is 3.31. The molecule has 1 fully saturated rings. The lowest BCUT2D eigenvalue weighted by Gasteiger charge is -2.38. The van der Waals surface area contributed by atoms with Gasteiger partial charge in [0.05, 0.1) is 10.0 Å². The van der Waals surface area contributed by atoms with Gasteiger partial charge in [-0.3, -0.25) is 0 Å². The molecular weight excluding hydrogens is 253 g/mol. The molecule has 2 N–H and O–H groups in total. The van der Waals surface area contributed by atoms with Crippen molar-refractivity contribution in [2.45, 2.75) is 43.9 Å². The molecule has 1 saturated carbocycles. The van der Waals surface area contributed by atoms with Crippen molar-refractivity contribution >= 4 is 23.2 Å². The molecule has 0 amide bonds. The van der Waals surface area contributed by atoms with Crippen LogP contribution in [0.5, 0.6) is 0 Å². The topological polar surface area (TPSA) is 26.0 Å². The molecule has 2 rings (SSSR count). The van der Waals surface area contributed by atoms with E-state index in [4.69, 9.17) is 28.9 Å². The summed E-state index contributed by atoms with van der Waals surface area (Å²) in [5.74, 6) is 0. The van der Waals surface area contributed by atoms with Gasteiger partial charge in [0.2, 0.25) is 0 Å². The molecule has 0 unspecified atom stereocenters. The van der Waals surface area contributed by atoms with Crippen molar-refractivity contribution < 1.29 is 0 Å². The van der Waals surface area contributed by atoms with Gasteiger partial charge in [0.1, 0.15) is 0 Å². The summed E-state index contributed by atoms with van der Waals surface area (Å²) in [4.78, 5) is 0. The Labute approximate surface area is 113 Å². The zero-order valence-electron chi connectivity index (χ0n) is 10.0. The van der Waals surface area contributed by atoms with E-state index >= 15 is 0 Å². The van der Waals surface area contributed by atoms with Gasteiger partial charge < -0.3 is 5.73 Å². The molecule has 0 radical (unpaired) electrons. The number of hydrogen-bond acceptors (Lipinski definition) is 1. The van der Waals surface area contributed by atoms with Crippen molar-refractivity contribution in [3.63, 3.8) is 0 Å². The molecule has 0 bridgehead atoms. The van der Waals surface area contributed by atoms with Gasteiger partial charge in [0.25, 0.3) is 0 Å². The molecule has 0 heterocycles. The van der Waals surface area contributed by atoms with Gasteiger partial charge in [-0.2, -0.15) is 0 Å². The summed E-state index contributed by atoms with van der Waals surface area (Å²) < 4.78 is 0. The molecule has 17 heavy (non-hydrogen) atoms. The summed E-state index contributed by atoms with van der Waals surface area (Å²) in [7, 11) is 0. The first-order valence-corrected chi connectivity index (χ1v) is 7.09. The summed E-state index contributed by atoms with van der Waals surface area (Å²) >= 11 is 12.1. The monoisotopic (exact) mass is 271 g/mol. The Hall–Kier alpha value is -0.240. The van der Waals surface area contributed by atoms with Crippen LogP contribution in [0.1, 0.15) is 44.1 Å². The van der Waals surface area contributed by atoms with Gasteiger partial charge in [-0.25, -0.2) is 0 Å². The Morgan fingerprint density at radius 2 is 1.76 bits per heavy atom. The summed E-state index contributed by atoms with van der Waals surface area (Å²) in [5, 5.41) is 1.29. The van der Waals surface area contributed by atoms with Gasteiger partial charge in [-0.1, -0.05) is 48.5 Å². The largest absolute Gasteiger partial charge is 0.330 e. The van der Waals surface area contributed by atoms with Crippen molar-refractivity contribution in [3.8, 4) is 0 Å². The molecule has 1 aromatic carbocycles. The van der Waals surface area contributed by atoms with Gasteiger partial charge in [-0.15, -0.1) is 0 Å². The van der Waals surface area contributed by atoms with E-state index in [-0.39, 0.29) is 5.41 Å². The van der Waals surface area contributed by atoms with E-state index in [0.717, 1.165) is 13.0 Å². The van der Waals surface area contributed by atoms with Crippen molar-refractivity contribution in [2.24, 2.45) is 5.73 Å². The normalized spacial score (nSPS) is 19.2. The maximum absolute atomic E-state index is 6.13. The van der Waals surface area contributed by atoms with Crippen LogP contribution in [0.15, 0.2) is 18.2 Å². The van der Waals surface area contributed by atoms with E-state index < -0.39 is 0 Å². The molecule has 1 aromatic rings. The van der Waals surface area contributed by atoms with Crippen LogP contribution < -0.4 is 5.73 Å². The molecular formula is C14H19Cl2N. The van der Waals surface area contributed by atoms with E-state index in [1.807, 2.05) is 12.1 Å². The third kappa shape index (κ3) is 2.78. The smallest absolute Gasteiger partial charge is 0.0595 e. The second-order valence-electron chi connectivity index (χ2n) is 5.01.